The van der Waals surface area contributed by atoms with Crippen LogP contribution in [-0.4, -0.2) is 22.2 Å². The second kappa shape index (κ2) is 7.08. The van der Waals surface area contributed by atoms with E-state index in [1.165, 1.54) is 5.52 Å². The molecule has 0 spiro atoms. The van der Waals surface area contributed by atoms with E-state index in [1.54, 1.807) is 7.11 Å². The zero-order chi connectivity index (χ0) is 19.8. The lowest BCUT2D eigenvalue weighted by Crippen LogP contribution is -2.26. The molecule has 28 heavy (non-hydrogen) atoms. The van der Waals surface area contributed by atoms with Gasteiger partial charge < -0.3 is 19.2 Å². The van der Waals surface area contributed by atoms with Gasteiger partial charge in [0.2, 0.25) is 0 Å². The molecule has 0 aliphatic carbocycles. The summed E-state index contributed by atoms with van der Waals surface area (Å²) in [7, 11) is 3.69. The van der Waals surface area contributed by atoms with E-state index in [0.717, 1.165) is 27.7 Å². The number of nitrogens with zero attached hydrogens (tertiary/aromatic N) is 2. The molecule has 0 aliphatic heterocycles. The van der Waals surface area contributed by atoms with Gasteiger partial charge >= 0.3 is 0 Å². The zero-order valence-corrected chi connectivity index (χ0v) is 16.7. The van der Waals surface area contributed by atoms with Gasteiger partial charge in [0.1, 0.15) is 11.4 Å². The number of amides is 1. The van der Waals surface area contributed by atoms with Crippen LogP contribution in [0.25, 0.3) is 21.9 Å². The lowest BCUT2D eigenvalue weighted by Gasteiger charge is -2.15. The number of carbonyl (C=O) groups excluding carboxylic acids is 1. The molecule has 0 bridgehead atoms. The molecule has 1 N–H and O–H groups in total. The average Bonchev–Trinajstić information content (AvgIpc) is 3.23. The Kier molecular flexibility index (Phi) is 4.59. The van der Waals surface area contributed by atoms with E-state index in [4.69, 9.17) is 4.74 Å². The highest BCUT2D eigenvalue weighted by Crippen LogP contribution is 2.33. The number of rotatable bonds is 5. The summed E-state index contributed by atoms with van der Waals surface area (Å²) < 4.78 is 9.67. The number of ether oxygens (including phenoxy) is 1. The van der Waals surface area contributed by atoms with Crippen molar-refractivity contribution in [3.05, 3.63) is 65.9 Å². The fourth-order valence-corrected chi connectivity index (χ4v) is 3.96. The minimum absolute atomic E-state index is 0.0834. The molecule has 5 nitrogen and oxygen atoms in total. The Hall–Kier alpha value is -3.21. The van der Waals surface area contributed by atoms with Crippen LogP contribution in [0.15, 0.2) is 54.6 Å². The maximum Gasteiger partial charge on any atom is 0.268 e. The SMILES string of the molecule is COc1ccccc1CNC(=O)c1cc2c(c3ccccc3n2C)n1C(C)C. The van der Waals surface area contributed by atoms with Gasteiger partial charge in [-0.3, -0.25) is 4.79 Å². The molecule has 2 heterocycles. The number of hydrogen-bond acceptors (Lipinski definition) is 2. The van der Waals surface area contributed by atoms with Crippen LogP contribution >= 0.6 is 0 Å². The van der Waals surface area contributed by atoms with Crippen LogP contribution in [0.1, 0.15) is 35.9 Å². The summed E-state index contributed by atoms with van der Waals surface area (Å²) >= 11 is 0. The maximum absolute atomic E-state index is 13.1. The van der Waals surface area contributed by atoms with Crippen molar-refractivity contribution in [1.29, 1.82) is 0 Å². The zero-order valence-electron chi connectivity index (χ0n) is 16.7. The average molecular weight is 375 g/mol. The number of carbonyl (C=O) groups is 1. The second-order valence-electron chi connectivity index (χ2n) is 7.30. The molecule has 0 aliphatic rings. The van der Waals surface area contributed by atoms with E-state index in [9.17, 15) is 4.79 Å². The van der Waals surface area contributed by atoms with Crippen LogP contribution in [0.4, 0.5) is 0 Å². The number of methoxy groups -OCH3 is 1. The fraction of sp³-hybridized carbons (Fsp3) is 0.261. The lowest BCUT2D eigenvalue weighted by molar-refractivity contribution is 0.0940. The largest absolute Gasteiger partial charge is 0.496 e. The quantitative estimate of drug-likeness (QED) is 0.552. The number of hydrogen-bond donors (Lipinski definition) is 1. The molecule has 0 saturated carbocycles. The van der Waals surface area contributed by atoms with Crippen molar-refractivity contribution in [1.82, 2.24) is 14.5 Å². The number of nitrogens with one attached hydrogen (secondary N) is 1. The minimum Gasteiger partial charge on any atom is -0.496 e. The van der Waals surface area contributed by atoms with Crippen LogP contribution in [0.3, 0.4) is 0 Å². The van der Waals surface area contributed by atoms with Crippen LogP contribution in [0, 0.1) is 0 Å². The molecule has 1 amide bonds. The van der Waals surface area contributed by atoms with Gasteiger partial charge in [-0.25, -0.2) is 0 Å². The van der Waals surface area contributed by atoms with Crippen molar-refractivity contribution in [3.8, 4) is 5.75 Å². The molecule has 4 aromatic rings. The van der Waals surface area contributed by atoms with Gasteiger partial charge in [0.25, 0.3) is 5.91 Å². The Balaban J connectivity index is 1.75. The smallest absolute Gasteiger partial charge is 0.268 e. The predicted molar refractivity (Wildman–Crippen MR) is 113 cm³/mol. The van der Waals surface area contributed by atoms with Crippen molar-refractivity contribution in [3.63, 3.8) is 0 Å². The molecular weight excluding hydrogens is 350 g/mol. The highest BCUT2D eigenvalue weighted by atomic mass is 16.5. The summed E-state index contributed by atoms with van der Waals surface area (Å²) in [5, 5.41) is 4.22. The third-order valence-corrected chi connectivity index (χ3v) is 5.28. The van der Waals surface area contributed by atoms with Gasteiger partial charge in [0.15, 0.2) is 0 Å². The third-order valence-electron chi connectivity index (χ3n) is 5.28. The van der Waals surface area contributed by atoms with E-state index in [-0.39, 0.29) is 11.9 Å². The van der Waals surface area contributed by atoms with Crippen LogP contribution in [0.5, 0.6) is 5.75 Å². The monoisotopic (exact) mass is 375 g/mol. The van der Waals surface area contributed by atoms with E-state index in [0.29, 0.717) is 12.2 Å². The summed E-state index contributed by atoms with van der Waals surface area (Å²) in [6.45, 7) is 4.64. The number of fused-ring (bicyclic) bond motifs is 3. The molecule has 4 rings (SSSR count). The van der Waals surface area contributed by atoms with Crippen molar-refractivity contribution < 1.29 is 9.53 Å². The topological polar surface area (TPSA) is 48.2 Å². The molecule has 5 heteroatoms. The Labute approximate surface area is 164 Å². The van der Waals surface area contributed by atoms with Crippen molar-refractivity contribution in [2.75, 3.05) is 7.11 Å². The first-order chi connectivity index (χ1) is 13.5. The molecule has 0 fully saturated rings. The van der Waals surface area contributed by atoms with E-state index < -0.39 is 0 Å². The first kappa shape index (κ1) is 18.2. The standard InChI is InChI=1S/C23H25N3O2/c1-15(2)26-20(23(27)24-14-16-9-5-8-12-21(16)28-4)13-19-22(26)17-10-6-7-11-18(17)25(19)3/h5-13,15H,14H2,1-4H3,(H,24,27). The maximum atomic E-state index is 13.1. The summed E-state index contributed by atoms with van der Waals surface area (Å²) in [5.41, 5.74) is 4.98. The molecule has 2 aromatic heterocycles. The van der Waals surface area contributed by atoms with Crippen LogP contribution < -0.4 is 10.1 Å². The Morgan fingerprint density at radius 3 is 2.54 bits per heavy atom. The highest BCUT2D eigenvalue weighted by Gasteiger charge is 2.22. The van der Waals surface area contributed by atoms with E-state index >= 15 is 0 Å². The van der Waals surface area contributed by atoms with Crippen molar-refractivity contribution >= 4 is 27.8 Å². The Morgan fingerprint density at radius 2 is 1.79 bits per heavy atom. The number of aromatic nitrogens is 2. The van der Waals surface area contributed by atoms with Crippen molar-refractivity contribution in [2.45, 2.75) is 26.4 Å². The van der Waals surface area contributed by atoms with Gasteiger partial charge in [-0.1, -0.05) is 36.4 Å². The minimum atomic E-state index is -0.0834. The molecule has 0 saturated heterocycles. The van der Waals surface area contributed by atoms with Crippen molar-refractivity contribution in [2.24, 2.45) is 7.05 Å². The second-order valence-corrected chi connectivity index (χ2v) is 7.30. The summed E-state index contributed by atoms with van der Waals surface area (Å²) in [6.07, 6.45) is 0. The number of benzene rings is 2. The van der Waals surface area contributed by atoms with E-state index in [2.05, 4.69) is 40.4 Å². The summed E-state index contributed by atoms with van der Waals surface area (Å²) in [4.78, 5) is 13.1. The Morgan fingerprint density at radius 1 is 1.07 bits per heavy atom. The first-order valence-electron chi connectivity index (χ1n) is 9.51. The molecule has 0 unspecified atom stereocenters. The van der Waals surface area contributed by atoms with Gasteiger partial charge in [0.05, 0.1) is 23.7 Å². The van der Waals surface area contributed by atoms with Crippen LogP contribution in [-0.2, 0) is 13.6 Å². The first-order valence-corrected chi connectivity index (χ1v) is 9.51. The lowest BCUT2D eigenvalue weighted by atomic mass is 10.2. The molecular formula is C23H25N3O2. The molecule has 2 aromatic carbocycles. The summed E-state index contributed by atoms with van der Waals surface area (Å²) in [6, 6.07) is 18.2. The number of para-hydroxylation sites is 2. The van der Waals surface area contributed by atoms with Gasteiger partial charge in [0, 0.05) is 30.6 Å². The van der Waals surface area contributed by atoms with Gasteiger partial charge in [-0.05, 0) is 32.0 Å². The fourth-order valence-electron chi connectivity index (χ4n) is 3.96. The molecule has 0 atom stereocenters. The van der Waals surface area contributed by atoms with Gasteiger partial charge in [-0.2, -0.15) is 0 Å². The normalized spacial score (nSPS) is 11.5. The molecule has 144 valence electrons. The van der Waals surface area contributed by atoms with Crippen LogP contribution in [0.2, 0.25) is 0 Å². The third kappa shape index (κ3) is 2.83. The van der Waals surface area contributed by atoms with Gasteiger partial charge in [-0.15, -0.1) is 0 Å². The number of aryl methyl sites for hydroxylation is 1. The summed E-state index contributed by atoms with van der Waals surface area (Å²) in [5.74, 6) is 0.693. The highest BCUT2D eigenvalue weighted by molar-refractivity contribution is 6.10. The molecule has 0 radical (unpaired) electrons. The van der Waals surface area contributed by atoms with E-state index in [1.807, 2.05) is 49.5 Å². The predicted octanol–water partition coefficient (Wildman–Crippen LogP) is 4.65. The Bertz CT molecular complexity index is 1170.